The van der Waals surface area contributed by atoms with Crippen LogP contribution in [0.25, 0.3) is 0 Å². The zero-order valence-electron chi connectivity index (χ0n) is 12.9. The summed E-state index contributed by atoms with van der Waals surface area (Å²) in [5.74, 6) is 0.603. The van der Waals surface area contributed by atoms with E-state index in [0.717, 1.165) is 29.0 Å². The fourth-order valence-corrected chi connectivity index (χ4v) is 2.88. The number of benzene rings is 2. The van der Waals surface area contributed by atoms with E-state index in [9.17, 15) is 4.39 Å². The summed E-state index contributed by atoms with van der Waals surface area (Å²) in [5, 5.41) is 0.775. The highest BCUT2D eigenvalue weighted by Crippen LogP contribution is 2.30. The standard InChI is InChI=1S/C19H22ClF/c1-13(16-7-5-8-17(20)12-16)10-11-14(2)18-9-4-6-15(3)19(18)21/h4-9,12-14H,10-11H2,1-3H3. The molecule has 2 atom stereocenters. The molecule has 0 saturated heterocycles. The summed E-state index contributed by atoms with van der Waals surface area (Å²) in [6.45, 7) is 6.12. The molecule has 0 aliphatic carbocycles. The summed E-state index contributed by atoms with van der Waals surface area (Å²) in [4.78, 5) is 0. The average Bonchev–Trinajstić information content (AvgIpc) is 2.47. The summed E-state index contributed by atoms with van der Waals surface area (Å²) in [6.07, 6.45) is 1.99. The van der Waals surface area contributed by atoms with Gasteiger partial charge in [-0.05, 0) is 60.4 Å². The van der Waals surface area contributed by atoms with E-state index in [-0.39, 0.29) is 11.7 Å². The minimum Gasteiger partial charge on any atom is -0.206 e. The minimum absolute atomic E-state index is 0.0552. The van der Waals surface area contributed by atoms with E-state index in [0.29, 0.717) is 5.92 Å². The normalized spacial score (nSPS) is 14.0. The monoisotopic (exact) mass is 304 g/mol. The van der Waals surface area contributed by atoms with Crippen molar-refractivity contribution in [1.29, 1.82) is 0 Å². The number of halogens is 2. The van der Waals surface area contributed by atoms with Crippen LogP contribution in [0.1, 0.15) is 55.2 Å². The Labute approximate surface area is 132 Å². The summed E-state index contributed by atoms with van der Waals surface area (Å²) in [5.41, 5.74) is 2.80. The van der Waals surface area contributed by atoms with E-state index in [4.69, 9.17) is 11.6 Å². The van der Waals surface area contributed by atoms with Gasteiger partial charge in [-0.15, -0.1) is 0 Å². The number of rotatable bonds is 5. The Kier molecular flexibility index (Phi) is 5.41. The SMILES string of the molecule is Cc1cccc(C(C)CCC(C)c2cccc(Cl)c2)c1F. The van der Waals surface area contributed by atoms with Crippen LogP contribution in [0, 0.1) is 12.7 Å². The van der Waals surface area contributed by atoms with Gasteiger partial charge in [-0.1, -0.05) is 55.8 Å². The van der Waals surface area contributed by atoms with Crippen molar-refractivity contribution < 1.29 is 4.39 Å². The van der Waals surface area contributed by atoms with E-state index in [1.165, 1.54) is 5.56 Å². The second-order valence-electron chi connectivity index (χ2n) is 5.91. The highest BCUT2D eigenvalue weighted by Gasteiger charge is 2.14. The van der Waals surface area contributed by atoms with Crippen LogP contribution >= 0.6 is 11.6 Å². The lowest BCUT2D eigenvalue weighted by molar-refractivity contribution is 0.535. The van der Waals surface area contributed by atoms with Crippen molar-refractivity contribution >= 4 is 11.6 Å². The lowest BCUT2D eigenvalue weighted by Crippen LogP contribution is -2.02. The van der Waals surface area contributed by atoms with Gasteiger partial charge in [0.05, 0.1) is 0 Å². The van der Waals surface area contributed by atoms with Crippen LogP contribution in [-0.4, -0.2) is 0 Å². The molecule has 0 aromatic heterocycles. The fourth-order valence-electron chi connectivity index (χ4n) is 2.69. The quantitative estimate of drug-likeness (QED) is 0.593. The van der Waals surface area contributed by atoms with Crippen molar-refractivity contribution in [3.63, 3.8) is 0 Å². The first-order valence-electron chi connectivity index (χ1n) is 7.49. The van der Waals surface area contributed by atoms with E-state index in [1.807, 2.05) is 43.3 Å². The molecule has 0 heterocycles. The summed E-state index contributed by atoms with van der Waals surface area (Å²) in [6, 6.07) is 13.7. The van der Waals surface area contributed by atoms with Crippen molar-refractivity contribution in [2.45, 2.75) is 45.4 Å². The van der Waals surface area contributed by atoms with Crippen molar-refractivity contribution in [2.24, 2.45) is 0 Å². The molecule has 0 aliphatic heterocycles. The predicted octanol–water partition coefficient (Wildman–Crippen LogP) is 6.47. The molecule has 0 radical (unpaired) electrons. The van der Waals surface area contributed by atoms with Gasteiger partial charge in [-0.2, -0.15) is 0 Å². The highest BCUT2D eigenvalue weighted by atomic mass is 35.5. The van der Waals surface area contributed by atoms with Crippen LogP contribution in [-0.2, 0) is 0 Å². The van der Waals surface area contributed by atoms with Gasteiger partial charge in [0.1, 0.15) is 5.82 Å². The minimum atomic E-state index is -0.0552. The maximum absolute atomic E-state index is 14.1. The second kappa shape index (κ2) is 7.09. The topological polar surface area (TPSA) is 0 Å². The maximum atomic E-state index is 14.1. The largest absolute Gasteiger partial charge is 0.206 e. The van der Waals surface area contributed by atoms with Crippen LogP contribution < -0.4 is 0 Å². The second-order valence-corrected chi connectivity index (χ2v) is 6.35. The zero-order chi connectivity index (χ0) is 15.4. The molecule has 0 aliphatic rings. The van der Waals surface area contributed by atoms with Crippen molar-refractivity contribution in [3.8, 4) is 0 Å². The first-order chi connectivity index (χ1) is 9.99. The van der Waals surface area contributed by atoms with Gasteiger partial charge in [0, 0.05) is 5.02 Å². The van der Waals surface area contributed by atoms with Gasteiger partial charge in [0.15, 0.2) is 0 Å². The number of hydrogen-bond donors (Lipinski definition) is 0. The molecular weight excluding hydrogens is 283 g/mol. The van der Waals surface area contributed by atoms with Crippen LogP contribution in [0.5, 0.6) is 0 Å². The maximum Gasteiger partial charge on any atom is 0.129 e. The van der Waals surface area contributed by atoms with Gasteiger partial charge in [-0.3, -0.25) is 0 Å². The van der Waals surface area contributed by atoms with E-state index >= 15 is 0 Å². The van der Waals surface area contributed by atoms with Gasteiger partial charge in [-0.25, -0.2) is 4.39 Å². The predicted molar refractivity (Wildman–Crippen MR) is 88.7 cm³/mol. The molecule has 2 unspecified atom stereocenters. The molecule has 0 saturated carbocycles. The smallest absolute Gasteiger partial charge is 0.129 e. The molecule has 0 amide bonds. The Bertz CT molecular complexity index is 606. The van der Waals surface area contributed by atoms with Crippen LogP contribution in [0.4, 0.5) is 4.39 Å². The van der Waals surface area contributed by atoms with E-state index < -0.39 is 0 Å². The molecule has 0 bridgehead atoms. The van der Waals surface area contributed by atoms with Crippen molar-refractivity contribution in [1.82, 2.24) is 0 Å². The fraction of sp³-hybridized carbons (Fsp3) is 0.368. The molecule has 112 valence electrons. The molecule has 0 fully saturated rings. The zero-order valence-corrected chi connectivity index (χ0v) is 13.6. The first kappa shape index (κ1) is 16.0. The summed E-state index contributed by atoms with van der Waals surface area (Å²) in [7, 11) is 0. The van der Waals surface area contributed by atoms with Gasteiger partial charge in [0.25, 0.3) is 0 Å². The Morgan fingerprint density at radius 2 is 1.67 bits per heavy atom. The Balaban J connectivity index is 2.00. The van der Waals surface area contributed by atoms with Crippen molar-refractivity contribution in [2.75, 3.05) is 0 Å². The molecule has 0 spiro atoms. The molecule has 2 rings (SSSR count). The van der Waals surface area contributed by atoms with Gasteiger partial charge >= 0.3 is 0 Å². The number of hydrogen-bond acceptors (Lipinski definition) is 0. The Morgan fingerprint density at radius 1 is 1.00 bits per heavy atom. The molecule has 0 nitrogen and oxygen atoms in total. The molecular formula is C19H22ClF. The number of aryl methyl sites for hydroxylation is 1. The molecule has 0 N–H and O–H groups in total. The third-order valence-corrected chi connectivity index (χ3v) is 4.44. The Morgan fingerprint density at radius 3 is 2.38 bits per heavy atom. The van der Waals surface area contributed by atoms with Crippen LogP contribution in [0.2, 0.25) is 5.02 Å². The van der Waals surface area contributed by atoms with Crippen molar-refractivity contribution in [3.05, 3.63) is 70.0 Å². The highest BCUT2D eigenvalue weighted by molar-refractivity contribution is 6.30. The van der Waals surface area contributed by atoms with E-state index in [1.54, 1.807) is 0 Å². The lowest BCUT2D eigenvalue weighted by Gasteiger charge is -2.17. The third-order valence-electron chi connectivity index (χ3n) is 4.20. The summed E-state index contributed by atoms with van der Waals surface area (Å²) >= 11 is 6.04. The lowest BCUT2D eigenvalue weighted by atomic mass is 9.88. The van der Waals surface area contributed by atoms with Crippen LogP contribution in [0.3, 0.4) is 0 Å². The van der Waals surface area contributed by atoms with Gasteiger partial charge in [0.2, 0.25) is 0 Å². The molecule has 2 aromatic rings. The van der Waals surface area contributed by atoms with Gasteiger partial charge < -0.3 is 0 Å². The average molecular weight is 305 g/mol. The van der Waals surface area contributed by atoms with E-state index in [2.05, 4.69) is 19.9 Å². The molecule has 21 heavy (non-hydrogen) atoms. The molecule has 2 aromatic carbocycles. The first-order valence-corrected chi connectivity index (χ1v) is 7.87. The van der Waals surface area contributed by atoms with Crippen LogP contribution in [0.15, 0.2) is 42.5 Å². The Hall–Kier alpha value is -1.34. The molecule has 2 heteroatoms. The summed E-state index contributed by atoms with van der Waals surface area (Å²) < 4.78 is 14.1. The third kappa shape index (κ3) is 4.07.